The van der Waals surface area contributed by atoms with Crippen molar-refractivity contribution in [2.24, 2.45) is 0 Å². The van der Waals surface area contributed by atoms with Crippen molar-refractivity contribution < 1.29 is 4.74 Å². The Balaban J connectivity index is 2.24. The van der Waals surface area contributed by atoms with E-state index in [0.717, 1.165) is 19.5 Å². The third-order valence-corrected chi connectivity index (χ3v) is 1.81. The van der Waals surface area contributed by atoms with Crippen molar-refractivity contribution in [3.63, 3.8) is 0 Å². The number of nitrogens with one attached hydrogen (secondary N) is 1. The highest BCUT2D eigenvalue weighted by atomic mass is 32.1. The minimum atomic E-state index is -0.288. The minimum absolute atomic E-state index is 0.288. The average molecular weight is 175 g/mol. The van der Waals surface area contributed by atoms with Gasteiger partial charge in [0.1, 0.15) is 4.93 Å². The molecule has 0 amide bonds. The number of hydrogen-bond donors (Lipinski definition) is 2. The van der Waals surface area contributed by atoms with Crippen LogP contribution in [0.2, 0.25) is 0 Å². The Kier molecular flexibility index (Phi) is 3.22. The second-order valence-electron chi connectivity index (χ2n) is 3.53. The maximum Gasteiger partial charge on any atom is 0.105 e. The standard InChI is InChI=1S/C8H17NOS/c1-8(2,11)10-7-4-3-5-9-6-7/h7,9,11H,3-6H2,1-2H3. The van der Waals surface area contributed by atoms with Crippen LogP contribution in [0.25, 0.3) is 0 Å². The Bertz CT molecular complexity index is 116. The lowest BCUT2D eigenvalue weighted by Gasteiger charge is -2.29. The molecule has 1 aliphatic heterocycles. The summed E-state index contributed by atoms with van der Waals surface area (Å²) < 4.78 is 5.68. The maximum atomic E-state index is 5.68. The molecule has 0 aliphatic carbocycles. The molecule has 1 heterocycles. The fourth-order valence-corrected chi connectivity index (χ4v) is 1.48. The molecule has 66 valence electrons. The summed E-state index contributed by atoms with van der Waals surface area (Å²) in [5.41, 5.74) is 0. The lowest BCUT2D eigenvalue weighted by molar-refractivity contribution is -0.0233. The van der Waals surface area contributed by atoms with Gasteiger partial charge in [-0.3, -0.25) is 0 Å². The van der Waals surface area contributed by atoms with Gasteiger partial charge in [-0.25, -0.2) is 0 Å². The molecule has 1 saturated heterocycles. The van der Waals surface area contributed by atoms with Crippen LogP contribution in [-0.4, -0.2) is 24.1 Å². The van der Waals surface area contributed by atoms with Crippen molar-refractivity contribution in [2.75, 3.05) is 13.1 Å². The zero-order valence-corrected chi connectivity index (χ0v) is 8.16. The summed E-state index contributed by atoms with van der Waals surface area (Å²) >= 11 is 4.31. The van der Waals surface area contributed by atoms with Crippen LogP contribution in [0.3, 0.4) is 0 Å². The third kappa shape index (κ3) is 3.99. The maximum absolute atomic E-state index is 5.68. The lowest BCUT2D eigenvalue weighted by atomic mass is 10.1. The fraction of sp³-hybridized carbons (Fsp3) is 1.00. The number of thiol groups is 1. The largest absolute Gasteiger partial charge is 0.361 e. The molecule has 1 unspecified atom stereocenters. The predicted octanol–water partition coefficient (Wildman–Crippen LogP) is 1.42. The van der Waals surface area contributed by atoms with E-state index in [-0.39, 0.29) is 4.93 Å². The SMILES string of the molecule is CC(C)(S)OC1CCCNC1. The molecule has 1 rings (SSSR count). The van der Waals surface area contributed by atoms with Crippen LogP contribution in [0.15, 0.2) is 0 Å². The van der Waals surface area contributed by atoms with E-state index >= 15 is 0 Å². The molecule has 3 heteroatoms. The Morgan fingerprint density at radius 2 is 2.27 bits per heavy atom. The second-order valence-corrected chi connectivity index (χ2v) is 4.61. The molecular weight excluding hydrogens is 158 g/mol. The number of piperidine rings is 1. The summed E-state index contributed by atoms with van der Waals surface area (Å²) in [5, 5.41) is 3.30. The summed E-state index contributed by atoms with van der Waals surface area (Å²) in [6.07, 6.45) is 2.74. The number of ether oxygens (including phenoxy) is 1. The quantitative estimate of drug-likeness (QED) is 0.489. The van der Waals surface area contributed by atoms with E-state index in [2.05, 4.69) is 17.9 Å². The molecule has 1 fully saturated rings. The van der Waals surface area contributed by atoms with Crippen molar-refractivity contribution in [3.05, 3.63) is 0 Å². The first-order valence-corrected chi connectivity index (χ1v) is 4.63. The Morgan fingerprint density at radius 3 is 2.73 bits per heavy atom. The van der Waals surface area contributed by atoms with E-state index in [1.807, 2.05) is 13.8 Å². The highest BCUT2D eigenvalue weighted by molar-refractivity contribution is 7.81. The molecular formula is C8H17NOS. The summed E-state index contributed by atoms with van der Waals surface area (Å²) in [7, 11) is 0. The molecule has 0 radical (unpaired) electrons. The zero-order valence-electron chi connectivity index (χ0n) is 7.26. The molecule has 0 aromatic rings. The first kappa shape index (κ1) is 9.36. The first-order chi connectivity index (χ1) is 5.08. The third-order valence-electron chi connectivity index (χ3n) is 1.71. The van der Waals surface area contributed by atoms with E-state index in [9.17, 15) is 0 Å². The molecule has 1 N–H and O–H groups in total. The normalized spacial score (nSPS) is 27.0. The van der Waals surface area contributed by atoms with Crippen molar-refractivity contribution in [1.82, 2.24) is 5.32 Å². The van der Waals surface area contributed by atoms with Gasteiger partial charge in [-0.2, -0.15) is 0 Å². The van der Waals surface area contributed by atoms with Gasteiger partial charge in [0, 0.05) is 6.54 Å². The predicted molar refractivity (Wildman–Crippen MR) is 50.0 cm³/mol. The molecule has 0 spiro atoms. The monoisotopic (exact) mass is 175 g/mol. The lowest BCUT2D eigenvalue weighted by Crippen LogP contribution is -2.38. The Morgan fingerprint density at radius 1 is 1.55 bits per heavy atom. The van der Waals surface area contributed by atoms with E-state index in [1.165, 1.54) is 6.42 Å². The number of hydrogen-bond acceptors (Lipinski definition) is 3. The molecule has 11 heavy (non-hydrogen) atoms. The van der Waals surface area contributed by atoms with Crippen molar-refractivity contribution >= 4 is 12.6 Å². The fourth-order valence-electron chi connectivity index (χ4n) is 1.33. The van der Waals surface area contributed by atoms with Gasteiger partial charge in [0.25, 0.3) is 0 Å². The second kappa shape index (κ2) is 3.78. The first-order valence-electron chi connectivity index (χ1n) is 4.19. The van der Waals surface area contributed by atoms with Crippen LogP contribution in [-0.2, 0) is 4.74 Å². The summed E-state index contributed by atoms with van der Waals surface area (Å²) in [4.78, 5) is -0.288. The summed E-state index contributed by atoms with van der Waals surface area (Å²) in [6.45, 7) is 6.06. The Hall–Kier alpha value is 0.270. The van der Waals surface area contributed by atoms with E-state index in [0.29, 0.717) is 6.10 Å². The molecule has 1 aliphatic rings. The molecule has 0 aromatic heterocycles. The summed E-state index contributed by atoms with van der Waals surface area (Å²) in [6, 6.07) is 0. The minimum Gasteiger partial charge on any atom is -0.361 e. The highest BCUT2D eigenvalue weighted by Gasteiger charge is 2.20. The number of rotatable bonds is 2. The van der Waals surface area contributed by atoms with Crippen LogP contribution in [0, 0.1) is 0 Å². The van der Waals surface area contributed by atoms with Gasteiger partial charge in [-0.1, -0.05) is 0 Å². The van der Waals surface area contributed by atoms with Gasteiger partial charge in [-0.05, 0) is 33.2 Å². The molecule has 0 bridgehead atoms. The summed E-state index contributed by atoms with van der Waals surface area (Å²) in [5.74, 6) is 0. The van der Waals surface area contributed by atoms with Gasteiger partial charge >= 0.3 is 0 Å². The van der Waals surface area contributed by atoms with Crippen molar-refractivity contribution in [1.29, 1.82) is 0 Å². The highest BCUT2D eigenvalue weighted by Crippen LogP contribution is 2.19. The van der Waals surface area contributed by atoms with Gasteiger partial charge in [0.05, 0.1) is 6.10 Å². The van der Waals surface area contributed by atoms with Gasteiger partial charge in [-0.15, -0.1) is 12.6 Å². The topological polar surface area (TPSA) is 21.3 Å². The molecule has 0 saturated carbocycles. The van der Waals surface area contributed by atoms with E-state index in [4.69, 9.17) is 4.74 Å². The van der Waals surface area contributed by atoms with Gasteiger partial charge in [0.2, 0.25) is 0 Å². The van der Waals surface area contributed by atoms with Crippen LogP contribution < -0.4 is 5.32 Å². The zero-order chi connectivity index (χ0) is 8.32. The van der Waals surface area contributed by atoms with Crippen LogP contribution >= 0.6 is 12.6 Å². The van der Waals surface area contributed by atoms with Crippen molar-refractivity contribution in [3.8, 4) is 0 Å². The van der Waals surface area contributed by atoms with Gasteiger partial charge in [0.15, 0.2) is 0 Å². The van der Waals surface area contributed by atoms with Crippen LogP contribution in [0.5, 0.6) is 0 Å². The van der Waals surface area contributed by atoms with Crippen molar-refractivity contribution in [2.45, 2.75) is 37.7 Å². The smallest absolute Gasteiger partial charge is 0.105 e. The molecule has 0 aromatic carbocycles. The molecule has 2 nitrogen and oxygen atoms in total. The van der Waals surface area contributed by atoms with Crippen LogP contribution in [0.4, 0.5) is 0 Å². The van der Waals surface area contributed by atoms with Gasteiger partial charge < -0.3 is 10.1 Å². The Labute approximate surface area is 74.1 Å². The average Bonchev–Trinajstić information content (AvgIpc) is 1.85. The molecule has 1 atom stereocenters. The van der Waals surface area contributed by atoms with E-state index in [1.54, 1.807) is 0 Å². The van der Waals surface area contributed by atoms with E-state index < -0.39 is 0 Å². The van der Waals surface area contributed by atoms with Crippen LogP contribution in [0.1, 0.15) is 26.7 Å².